The molecular formula is C10H20N2O3. The molecule has 0 aromatic carbocycles. The van der Waals surface area contributed by atoms with Gasteiger partial charge in [-0.3, -0.25) is 9.69 Å². The predicted octanol–water partition coefficient (Wildman–Crippen LogP) is -0.229. The van der Waals surface area contributed by atoms with Crippen LogP contribution >= 0.6 is 0 Å². The molecule has 1 saturated heterocycles. The van der Waals surface area contributed by atoms with Crippen LogP contribution in [0.2, 0.25) is 0 Å². The van der Waals surface area contributed by atoms with Crippen LogP contribution in [0.5, 0.6) is 0 Å². The number of methoxy groups -OCH3 is 1. The number of carboxylic acids is 1. The monoisotopic (exact) mass is 216 g/mol. The number of nitrogens with one attached hydrogen (secondary N) is 1. The highest BCUT2D eigenvalue weighted by Crippen LogP contribution is 2.21. The summed E-state index contributed by atoms with van der Waals surface area (Å²) in [4.78, 5) is 13.4. The largest absolute Gasteiger partial charge is 0.480 e. The first-order chi connectivity index (χ1) is 7.17. The van der Waals surface area contributed by atoms with E-state index in [1.54, 1.807) is 7.11 Å². The van der Waals surface area contributed by atoms with Crippen molar-refractivity contribution in [3.05, 3.63) is 0 Å². The van der Waals surface area contributed by atoms with Crippen LogP contribution in [0.4, 0.5) is 0 Å². The number of rotatable bonds is 5. The fraction of sp³-hybridized carbons (Fsp3) is 0.900. The Morgan fingerprint density at radius 1 is 1.53 bits per heavy atom. The van der Waals surface area contributed by atoms with Gasteiger partial charge < -0.3 is 15.2 Å². The van der Waals surface area contributed by atoms with Gasteiger partial charge in [0.25, 0.3) is 0 Å². The van der Waals surface area contributed by atoms with Crippen LogP contribution in [-0.4, -0.2) is 61.4 Å². The number of carbonyl (C=O) groups is 1. The minimum absolute atomic E-state index is 0.249. The lowest BCUT2D eigenvalue weighted by Gasteiger charge is -2.41. The zero-order valence-corrected chi connectivity index (χ0v) is 9.45. The standard InChI is InChI=1S/C10H20N2O3/c1-3-10(8-15-2,9(13)14)12-6-4-11-5-7-12/h11H,3-8H2,1-2H3,(H,13,14). The predicted molar refractivity (Wildman–Crippen MR) is 57.0 cm³/mol. The van der Waals surface area contributed by atoms with Crippen molar-refractivity contribution in [2.45, 2.75) is 18.9 Å². The van der Waals surface area contributed by atoms with Crippen LogP contribution in [0.1, 0.15) is 13.3 Å². The van der Waals surface area contributed by atoms with Gasteiger partial charge in [-0.05, 0) is 6.42 Å². The summed E-state index contributed by atoms with van der Waals surface area (Å²) < 4.78 is 5.07. The van der Waals surface area contributed by atoms with Gasteiger partial charge in [0.15, 0.2) is 0 Å². The molecule has 5 nitrogen and oxygen atoms in total. The highest BCUT2D eigenvalue weighted by atomic mass is 16.5. The molecule has 0 aliphatic carbocycles. The highest BCUT2D eigenvalue weighted by Gasteiger charge is 2.43. The fourth-order valence-corrected chi connectivity index (χ4v) is 2.10. The molecule has 0 aromatic heterocycles. The normalized spacial score (nSPS) is 22.3. The summed E-state index contributed by atoms with van der Waals surface area (Å²) in [6.07, 6.45) is 0.566. The molecule has 1 rings (SSSR count). The number of ether oxygens (including phenoxy) is 1. The second-order valence-electron chi connectivity index (χ2n) is 3.86. The van der Waals surface area contributed by atoms with E-state index in [-0.39, 0.29) is 6.61 Å². The Morgan fingerprint density at radius 2 is 2.13 bits per heavy atom. The molecule has 1 unspecified atom stereocenters. The third-order valence-electron chi connectivity index (χ3n) is 3.09. The van der Waals surface area contributed by atoms with Crippen molar-refractivity contribution in [1.29, 1.82) is 0 Å². The molecular weight excluding hydrogens is 196 g/mol. The number of nitrogens with zero attached hydrogens (tertiary/aromatic N) is 1. The van der Waals surface area contributed by atoms with Gasteiger partial charge in [0, 0.05) is 33.3 Å². The maximum Gasteiger partial charge on any atom is 0.326 e. The molecule has 0 spiro atoms. The van der Waals surface area contributed by atoms with Crippen molar-refractivity contribution >= 4 is 5.97 Å². The minimum Gasteiger partial charge on any atom is -0.480 e. The van der Waals surface area contributed by atoms with E-state index < -0.39 is 11.5 Å². The quantitative estimate of drug-likeness (QED) is 0.665. The van der Waals surface area contributed by atoms with Crippen LogP contribution in [-0.2, 0) is 9.53 Å². The lowest BCUT2D eigenvalue weighted by atomic mass is 9.94. The Balaban J connectivity index is 2.80. The van der Waals surface area contributed by atoms with E-state index in [2.05, 4.69) is 5.32 Å². The molecule has 88 valence electrons. The van der Waals surface area contributed by atoms with E-state index in [0.717, 1.165) is 26.2 Å². The number of hydrogen-bond acceptors (Lipinski definition) is 4. The summed E-state index contributed by atoms with van der Waals surface area (Å²) in [5.41, 5.74) is -0.850. The summed E-state index contributed by atoms with van der Waals surface area (Å²) >= 11 is 0. The van der Waals surface area contributed by atoms with Gasteiger partial charge in [-0.15, -0.1) is 0 Å². The zero-order valence-electron chi connectivity index (χ0n) is 9.45. The van der Waals surface area contributed by atoms with Crippen molar-refractivity contribution < 1.29 is 14.6 Å². The van der Waals surface area contributed by atoms with Crippen molar-refractivity contribution in [2.24, 2.45) is 0 Å². The van der Waals surface area contributed by atoms with Crippen molar-refractivity contribution in [1.82, 2.24) is 10.2 Å². The molecule has 0 aromatic rings. The summed E-state index contributed by atoms with van der Waals surface area (Å²) in [7, 11) is 1.55. The van der Waals surface area contributed by atoms with E-state index in [9.17, 15) is 9.90 Å². The molecule has 1 heterocycles. The number of hydrogen-bond donors (Lipinski definition) is 2. The van der Waals surface area contributed by atoms with Crippen LogP contribution in [0.15, 0.2) is 0 Å². The van der Waals surface area contributed by atoms with Crippen LogP contribution in [0, 0.1) is 0 Å². The smallest absolute Gasteiger partial charge is 0.326 e. The average molecular weight is 216 g/mol. The zero-order chi connectivity index (χ0) is 11.3. The Morgan fingerprint density at radius 3 is 2.53 bits per heavy atom. The lowest BCUT2D eigenvalue weighted by molar-refractivity contribution is -0.156. The average Bonchev–Trinajstić information content (AvgIpc) is 2.26. The minimum atomic E-state index is -0.850. The van der Waals surface area contributed by atoms with Crippen LogP contribution < -0.4 is 5.32 Å². The van der Waals surface area contributed by atoms with Crippen molar-refractivity contribution in [3.8, 4) is 0 Å². The molecule has 0 radical (unpaired) electrons. The van der Waals surface area contributed by atoms with Crippen molar-refractivity contribution in [2.75, 3.05) is 39.9 Å². The summed E-state index contributed by atoms with van der Waals surface area (Å²) in [5, 5.41) is 12.6. The van der Waals surface area contributed by atoms with Gasteiger partial charge in [-0.1, -0.05) is 6.92 Å². The first-order valence-electron chi connectivity index (χ1n) is 5.35. The maximum atomic E-state index is 11.4. The first kappa shape index (κ1) is 12.4. The van der Waals surface area contributed by atoms with Crippen molar-refractivity contribution in [3.63, 3.8) is 0 Å². The third-order valence-corrected chi connectivity index (χ3v) is 3.09. The van der Waals surface area contributed by atoms with Gasteiger partial charge in [0.2, 0.25) is 0 Å². The van der Waals surface area contributed by atoms with Gasteiger partial charge in [0.05, 0.1) is 6.61 Å². The lowest BCUT2D eigenvalue weighted by Crippen LogP contribution is -2.62. The fourth-order valence-electron chi connectivity index (χ4n) is 2.10. The van der Waals surface area contributed by atoms with Gasteiger partial charge in [-0.2, -0.15) is 0 Å². The van der Waals surface area contributed by atoms with Gasteiger partial charge in [0.1, 0.15) is 5.54 Å². The van der Waals surface area contributed by atoms with E-state index in [0.29, 0.717) is 6.42 Å². The molecule has 0 bridgehead atoms. The molecule has 15 heavy (non-hydrogen) atoms. The maximum absolute atomic E-state index is 11.4. The first-order valence-corrected chi connectivity index (χ1v) is 5.35. The Labute approximate surface area is 90.4 Å². The summed E-state index contributed by atoms with van der Waals surface area (Å²) in [6.45, 7) is 5.37. The van der Waals surface area contributed by atoms with Gasteiger partial charge in [-0.25, -0.2) is 0 Å². The Kier molecular flexibility index (Phi) is 4.50. The molecule has 5 heteroatoms. The second-order valence-corrected chi connectivity index (χ2v) is 3.86. The summed E-state index contributed by atoms with van der Waals surface area (Å²) in [5.74, 6) is -0.784. The SMILES string of the molecule is CCC(COC)(C(=O)O)N1CCNCC1. The highest BCUT2D eigenvalue weighted by molar-refractivity contribution is 5.79. The number of aliphatic carboxylic acids is 1. The molecule has 2 N–H and O–H groups in total. The molecule has 0 amide bonds. The Hall–Kier alpha value is -0.650. The molecule has 1 aliphatic heterocycles. The van der Waals surface area contributed by atoms with Crippen LogP contribution in [0.25, 0.3) is 0 Å². The van der Waals surface area contributed by atoms with E-state index >= 15 is 0 Å². The summed E-state index contributed by atoms with van der Waals surface area (Å²) in [6, 6.07) is 0. The molecule has 1 fully saturated rings. The van der Waals surface area contributed by atoms with Crippen LogP contribution in [0.3, 0.4) is 0 Å². The number of piperazine rings is 1. The topological polar surface area (TPSA) is 61.8 Å². The van der Waals surface area contributed by atoms with E-state index in [4.69, 9.17) is 4.74 Å². The van der Waals surface area contributed by atoms with E-state index in [1.807, 2.05) is 11.8 Å². The molecule has 0 saturated carbocycles. The van der Waals surface area contributed by atoms with Gasteiger partial charge >= 0.3 is 5.97 Å². The number of carboxylic acid groups (broad SMARTS) is 1. The molecule has 1 atom stereocenters. The van der Waals surface area contributed by atoms with E-state index in [1.165, 1.54) is 0 Å². The molecule has 1 aliphatic rings. The Bertz CT molecular complexity index is 217. The third kappa shape index (κ3) is 2.48. The second kappa shape index (κ2) is 5.44.